The number of nitrogens with zero attached hydrogens (tertiary/aromatic N) is 2. The molecule has 0 saturated heterocycles. The van der Waals surface area contributed by atoms with Crippen LogP contribution in [0.25, 0.3) is 0 Å². The van der Waals surface area contributed by atoms with Crippen molar-refractivity contribution in [3.63, 3.8) is 0 Å². The van der Waals surface area contributed by atoms with Gasteiger partial charge >= 0.3 is 6.18 Å². The molecule has 6 nitrogen and oxygen atoms in total. The van der Waals surface area contributed by atoms with Crippen molar-refractivity contribution in [1.29, 1.82) is 0 Å². The highest BCUT2D eigenvalue weighted by atomic mass is 32.2. The number of alkyl halides is 3. The van der Waals surface area contributed by atoms with E-state index in [-0.39, 0.29) is 53.8 Å². The lowest BCUT2D eigenvalue weighted by Gasteiger charge is -2.42. The molecule has 2 heterocycles. The zero-order valence-corrected chi connectivity index (χ0v) is 23.6. The third kappa shape index (κ3) is 7.01. The van der Waals surface area contributed by atoms with Gasteiger partial charge in [0.2, 0.25) is 0 Å². The second-order valence-electron chi connectivity index (χ2n) is 11.2. The average Bonchev–Trinajstić information content (AvgIpc) is 2.91. The van der Waals surface area contributed by atoms with Crippen LogP contribution in [-0.2, 0) is 22.8 Å². The van der Waals surface area contributed by atoms with E-state index in [1.807, 2.05) is 6.07 Å². The Hall–Kier alpha value is -2.46. The second-order valence-corrected chi connectivity index (χ2v) is 13.5. The predicted molar refractivity (Wildman–Crippen MR) is 144 cm³/mol. The summed E-state index contributed by atoms with van der Waals surface area (Å²) in [4.78, 5) is 20.2. The number of sulfone groups is 1. The van der Waals surface area contributed by atoms with Gasteiger partial charge in [-0.3, -0.25) is 14.7 Å². The first kappa shape index (κ1) is 29.5. The Morgan fingerprint density at radius 2 is 1.79 bits per heavy atom. The standard InChI is InChI=1S/C29H38F3N3O3S/c1-4-39(37,38)25-11-7-20(8-12-25)16-34-28(36)23-15-22-13-14-35(27(19(2)3)26(22)33-17-23)18-21-5-9-24(10-6-21)29(30,31)32/h7-8,11-12,15,17,19,21,24,27H,4-6,9-10,13-14,16,18H2,1-3H3,(H,34,36). The van der Waals surface area contributed by atoms with E-state index >= 15 is 0 Å². The fraction of sp³-hybridized carbons (Fsp3) is 0.586. The Labute approximate surface area is 229 Å². The molecule has 1 fully saturated rings. The minimum Gasteiger partial charge on any atom is -0.348 e. The van der Waals surface area contributed by atoms with Gasteiger partial charge in [0.15, 0.2) is 9.84 Å². The lowest BCUT2D eigenvalue weighted by atomic mass is 9.80. The van der Waals surface area contributed by atoms with Crippen LogP contribution in [0.15, 0.2) is 41.4 Å². The maximum atomic E-state index is 13.1. The molecule has 39 heavy (non-hydrogen) atoms. The Morgan fingerprint density at radius 1 is 1.13 bits per heavy atom. The van der Waals surface area contributed by atoms with Gasteiger partial charge in [0.05, 0.1) is 33.9 Å². The van der Waals surface area contributed by atoms with E-state index in [0.29, 0.717) is 18.4 Å². The number of benzene rings is 1. The molecular formula is C29H38F3N3O3S. The molecule has 1 amide bonds. The van der Waals surface area contributed by atoms with Gasteiger partial charge in [-0.1, -0.05) is 32.9 Å². The first-order valence-corrected chi connectivity index (χ1v) is 15.4. The highest BCUT2D eigenvalue weighted by Crippen LogP contribution is 2.41. The van der Waals surface area contributed by atoms with Crippen molar-refractivity contribution in [3.8, 4) is 0 Å². The Kier molecular flexibility index (Phi) is 9.05. The van der Waals surface area contributed by atoms with Crippen molar-refractivity contribution >= 4 is 15.7 Å². The van der Waals surface area contributed by atoms with Crippen LogP contribution in [0, 0.1) is 17.8 Å². The summed E-state index contributed by atoms with van der Waals surface area (Å²) >= 11 is 0. The zero-order valence-electron chi connectivity index (χ0n) is 22.8. The van der Waals surface area contributed by atoms with E-state index in [9.17, 15) is 26.4 Å². The number of nitrogens with one attached hydrogen (secondary N) is 1. The van der Waals surface area contributed by atoms with Gasteiger partial charge < -0.3 is 5.32 Å². The number of fused-ring (bicyclic) bond motifs is 1. The van der Waals surface area contributed by atoms with Gasteiger partial charge in [0.25, 0.3) is 5.91 Å². The number of aromatic nitrogens is 1. The molecule has 2 aromatic rings. The Balaban J connectivity index is 1.39. The maximum Gasteiger partial charge on any atom is 0.391 e. The molecule has 4 rings (SSSR count). The third-order valence-electron chi connectivity index (χ3n) is 8.15. The fourth-order valence-corrected chi connectivity index (χ4v) is 6.78. The average molecular weight is 566 g/mol. The second kappa shape index (κ2) is 12.0. The summed E-state index contributed by atoms with van der Waals surface area (Å²) in [6, 6.07) is 8.47. The van der Waals surface area contributed by atoms with Gasteiger partial charge in [-0.25, -0.2) is 8.42 Å². The van der Waals surface area contributed by atoms with E-state index in [2.05, 4.69) is 24.1 Å². The van der Waals surface area contributed by atoms with Crippen LogP contribution in [0.2, 0.25) is 0 Å². The number of carbonyl (C=O) groups excluding carboxylic acids is 1. The van der Waals surface area contributed by atoms with Crippen molar-refractivity contribution < 1.29 is 26.4 Å². The van der Waals surface area contributed by atoms with E-state index in [4.69, 9.17) is 4.98 Å². The topological polar surface area (TPSA) is 79.4 Å². The van der Waals surface area contributed by atoms with Gasteiger partial charge in [0, 0.05) is 25.8 Å². The minimum atomic E-state index is -4.09. The van der Waals surface area contributed by atoms with Crippen molar-refractivity contribution in [3.05, 3.63) is 58.9 Å². The van der Waals surface area contributed by atoms with Crippen molar-refractivity contribution in [2.24, 2.45) is 17.8 Å². The summed E-state index contributed by atoms with van der Waals surface area (Å²) in [6.45, 7) is 7.69. The fourth-order valence-electron chi connectivity index (χ4n) is 5.90. The van der Waals surface area contributed by atoms with Crippen LogP contribution in [0.5, 0.6) is 0 Å². The number of pyridine rings is 1. The van der Waals surface area contributed by atoms with Gasteiger partial charge in [-0.15, -0.1) is 0 Å². The molecule has 1 unspecified atom stereocenters. The van der Waals surface area contributed by atoms with Crippen LogP contribution < -0.4 is 5.32 Å². The molecule has 0 bridgehead atoms. The number of hydrogen-bond donors (Lipinski definition) is 1. The van der Waals surface area contributed by atoms with Crippen molar-refractivity contribution in [1.82, 2.24) is 15.2 Å². The normalized spacial score (nSPS) is 22.5. The largest absolute Gasteiger partial charge is 0.391 e. The molecule has 1 aromatic carbocycles. The number of halogens is 3. The van der Waals surface area contributed by atoms with Gasteiger partial charge in [-0.2, -0.15) is 13.2 Å². The molecule has 1 aromatic heterocycles. The molecule has 0 spiro atoms. The van der Waals surface area contributed by atoms with E-state index in [1.54, 1.807) is 37.4 Å². The molecule has 10 heteroatoms. The summed E-state index contributed by atoms with van der Waals surface area (Å²) in [5.41, 5.74) is 3.25. The molecule has 1 N–H and O–H groups in total. The third-order valence-corrected chi connectivity index (χ3v) is 9.91. The van der Waals surface area contributed by atoms with Crippen LogP contribution in [0.3, 0.4) is 0 Å². The van der Waals surface area contributed by atoms with Crippen molar-refractivity contribution in [2.75, 3.05) is 18.8 Å². The number of hydrogen-bond acceptors (Lipinski definition) is 5. The first-order chi connectivity index (χ1) is 18.4. The molecule has 1 aliphatic heterocycles. The monoisotopic (exact) mass is 565 g/mol. The first-order valence-electron chi connectivity index (χ1n) is 13.8. The number of amides is 1. The van der Waals surface area contributed by atoms with Gasteiger partial charge in [-0.05, 0) is 73.3 Å². The smallest absolute Gasteiger partial charge is 0.348 e. The Bertz CT molecular complexity index is 1250. The predicted octanol–water partition coefficient (Wildman–Crippen LogP) is 5.73. The molecule has 1 aliphatic carbocycles. The van der Waals surface area contributed by atoms with E-state index in [0.717, 1.165) is 36.3 Å². The SMILES string of the molecule is CCS(=O)(=O)c1ccc(CNC(=O)c2cnc3c(c2)CCN(CC2CCC(C(F)(F)F)CC2)C3C(C)C)cc1. The molecule has 0 radical (unpaired) electrons. The summed E-state index contributed by atoms with van der Waals surface area (Å²) in [7, 11) is -3.27. The molecule has 214 valence electrons. The Morgan fingerprint density at radius 3 is 2.38 bits per heavy atom. The van der Waals surface area contributed by atoms with E-state index in [1.165, 1.54) is 0 Å². The lowest BCUT2D eigenvalue weighted by Crippen LogP contribution is -2.42. The molecule has 1 atom stereocenters. The number of carbonyl (C=O) groups is 1. The summed E-state index contributed by atoms with van der Waals surface area (Å²) in [6.07, 6.45) is -0.139. The van der Waals surface area contributed by atoms with E-state index < -0.39 is 21.9 Å². The van der Waals surface area contributed by atoms with Crippen LogP contribution in [0.4, 0.5) is 13.2 Å². The molecule has 2 aliphatic rings. The quantitative estimate of drug-likeness (QED) is 0.442. The van der Waals surface area contributed by atoms with Crippen LogP contribution >= 0.6 is 0 Å². The van der Waals surface area contributed by atoms with Gasteiger partial charge in [0.1, 0.15) is 0 Å². The van der Waals surface area contributed by atoms with Crippen LogP contribution in [0.1, 0.15) is 79.7 Å². The molecule has 1 saturated carbocycles. The lowest BCUT2D eigenvalue weighted by molar-refractivity contribution is -0.184. The highest BCUT2D eigenvalue weighted by molar-refractivity contribution is 7.91. The zero-order chi connectivity index (χ0) is 28.4. The number of rotatable bonds is 8. The summed E-state index contributed by atoms with van der Waals surface area (Å²) < 4.78 is 63.2. The highest BCUT2D eigenvalue weighted by Gasteiger charge is 2.42. The minimum absolute atomic E-state index is 0.0345. The van der Waals surface area contributed by atoms with Crippen molar-refractivity contribution in [2.45, 2.75) is 76.5 Å². The van der Waals surface area contributed by atoms with Crippen LogP contribution in [-0.4, -0.2) is 49.2 Å². The molecular weight excluding hydrogens is 527 g/mol. The summed E-state index contributed by atoms with van der Waals surface area (Å²) in [5.74, 6) is -0.859. The maximum absolute atomic E-state index is 13.1. The summed E-state index contributed by atoms with van der Waals surface area (Å²) in [5, 5.41) is 2.89.